The monoisotopic (exact) mass is 580 g/mol. The van der Waals surface area contributed by atoms with E-state index in [0.717, 1.165) is 56.1 Å². The average molecular weight is 581 g/mol. The molecule has 0 aliphatic carbocycles. The summed E-state index contributed by atoms with van der Waals surface area (Å²) in [7, 11) is 0. The highest BCUT2D eigenvalue weighted by Gasteiger charge is 2.09. The van der Waals surface area contributed by atoms with Crippen molar-refractivity contribution < 1.29 is 38.1 Å². The molecule has 8 heteroatoms. The largest absolute Gasteiger partial charge is 0.427 e. The number of hydrogen-bond donors (Lipinski definition) is 0. The number of aryl methyl sites for hydroxylation is 2. The van der Waals surface area contributed by atoms with E-state index < -0.39 is 23.9 Å². The Morgan fingerprint density at radius 3 is 1.14 bits per heavy atom. The molecule has 0 amide bonds. The molecule has 0 aliphatic heterocycles. The first-order chi connectivity index (χ1) is 20.1. The molecule has 0 radical (unpaired) electrons. The van der Waals surface area contributed by atoms with Gasteiger partial charge in [-0.2, -0.15) is 0 Å². The van der Waals surface area contributed by atoms with E-state index in [4.69, 9.17) is 18.9 Å². The Hall–Kier alpha value is -3.94. The number of carbonyl (C=O) groups is 4. The molecule has 2 aromatic carbocycles. The van der Waals surface area contributed by atoms with Crippen molar-refractivity contribution in [2.24, 2.45) is 0 Å². The number of unbranched alkanes of at least 4 members (excludes halogenated alkanes) is 8. The molecule has 0 bridgehead atoms. The van der Waals surface area contributed by atoms with Crippen molar-refractivity contribution in [1.29, 1.82) is 0 Å². The standard InChI is InChI=1S/C34H44O8/c1-25(35)39-31-19-29(20-32(23-31)40-26(2)36)17-15-13-11-9-7-5-6-8-10-12-14-16-18-30-21-33(41-27(3)37)24-34(22-30)42-28(4)38/h9,11,19-24H,5-8,10,12-18H2,1-4H3/b11-9-. The van der Waals surface area contributed by atoms with Crippen molar-refractivity contribution in [2.45, 2.75) is 105 Å². The number of benzene rings is 2. The zero-order valence-electron chi connectivity index (χ0n) is 25.4. The molecule has 42 heavy (non-hydrogen) atoms. The molecule has 0 heterocycles. The fraction of sp³-hybridized carbons (Fsp3) is 0.471. The highest BCUT2D eigenvalue weighted by atomic mass is 16.6. The summed E-state index contributed by atoms with van der Waals surface area (Å²) in [5.74, 6) is -0.0943. The van der Waals surface area contributed by atoms with Gasteiger partial charge in [0.2, 0.25) is 0 Å². The zero-order chi connectivity index (χ0) is 30.7. The van der Waals surface area contributed by atoms with Crippen LogP contribution in [-0.2, 0) is 32.0 Å². The minimum atomic E-state index is -0.415. The Kier molecular flexibility index (Phi) is 15.7. The third-order valence-corrected chi connectivity index (χ3v) is 6.27. The van der Waals surface area contributed by atoms with E-state index in [2.05, 4.69) is 12.2 Å². The second-order valence-electron chi connectivity index (χ2n) is 10.4. The SMILES string of the molecule is CC(=O)Oc1cc(CCC/C=C\CCCCCCCCCc2cc(OC(C)=O)cc(OC(C)=O)c2)cc(OC(C)=O)c1. The third kappa shape index (κ3) is 15.7. The van der Waals surface area contributed by atoms with Crippen LogP contribution in [-0.4, -0.2) is 23.9 Å². The molecule has 8 nitrogen and oxygen atoms in total. The van der Waals surface area contributed by atoms with Gasteiger partial charge in [-0.3, -0.25) is 19.2 Å². The van der Waals surface area contributed by atoms with Crippen molar-refractivity contribution in [1.82, 2.24) is 0 Å². The van der Waals surface area contributed by atoms with Gasteiger partial charge in [0.1, 0.15) is 23.0 Å². The zero-order valence-corrected chi connectivity index (χ0v) is 25.4. The molecule has 0 N–H and O–H groups in total. The Balaban J connectivity index is 1.57. The van der Waals surface area contributed by atoms with Gasteiger partial charge in [-0.25, -0.2) is 0 Å². The van der Waals surface area contributed by atoms with Crippen molar-refractivity contribution in [2.75, 3.05) is 0 Å². The first-order valence-electron chi connectivity index (χ1n) is 14.8. The molecule has 0 unspecified atom stereocenters. The minimum absolute atomic E-state index is 0.382. The second-order valence-corrected chi connectivity index (χ2v) is 10.4. The van der Waals surface area contributed by atoms with E-state index in [1.165, 1.54) is 59.8 Å². The van der Waals surface area contributed by atoms with E-state index in [9.17, 15) is 19.2 Å². The molecule has 0 saturated heterocycles. The molecule has 0 aromatic heterocycles. The van der Waals surface area contributed by atoms with Crippen LogP contribution in [0.15, 0.2) is 48.6 Å². The summed E-state index contributed by atoms with van der Waals surface area (Å²) in [4.78, 5) is 45.2. The first-order valence-corrected chi connectivity index (χ1v) is 14.8. The average Bonchev–Trinajstić information content (AvgIpc) is 2.87. The summed E-state index contributed by atoms with van der Waals surface area (Å²) in [5.41, 5.74) is 1.94. The normalized spacial score (nSPS) is 10.9. The molecular formula is C34H44O8. The lowest BCUT2D eigenvalue weighted by Gasteiger charge is -2.09. The summed E-state index contributed by atoms with van der Waals surface area (Å²) in [6.07, 6.45) is 17.2. The highest BCUT2D eigenvalue weighted by molar-refractivity contribution is 5.72. The van der Waals surface area contributed by atoms with Crippen LogP contribution in [0.4, 0.5) is 0 Å². The van der Waals surface area contributed by atoms with Crippen LogP contribution >= 0.6 is 0 Å². The Labute approximate surface area is 249 Å². The van der Waals surface area contributed by atoms with Gasteiger partial charge in [-0.15, -0.1) is 0 Å². The molecule has 2 rings (SSSR count). The summed E-state index contributed by atoms with van der Waals surface area (Å²) in [5, 5.41) is 0. The topological polar surface area (TPSA) is 105 Å². The van der Waals surface area contributed by atoms with Gasteiger partial charge >= 0.3 is 23.9 Å². The van der Waals surface area contributed by atoms with Gasteiger partial charge < -0.3 is 18.9 Å². The molecule has 0 fully saturated rings. The molecule has 2 aromatic rings. The van der Waals surface area contributed by atoms with Gasteiger partial charge in [0, 0.05) is 39.8 Å². The van der Waals surface area contributed by atoms with Crippen molar-refractivity contribution >= 4 is 23.9 Å². The molecule has 0 aliphatic rings. The molecule has 0 saturated carbocycles. The quantitative estimate of drug-likeness (QED) is 0.0767. The van der Waals surface area contributed by atoms with Crippen molar-refractivity contribution in [3.63, 3.8) is 0 Å². The lowest BCUT2D eigenvalue weighted by molar-refractivity contribution is -0.133. The number of hydrogen-bond acceptors (Lipinski definition) is 8. The molecule has 0 spiro atoms. The predicted molar refractivity (Wildman–Crippen MR) is 161 cm³/mol. The van der Waals surface area contributed by atoms with Crippen LogP contribution in [0.1, 0.15) is 103 Å². The van der Waals surface area contributed by atoms with Crippen LogP contribution in [0.3, 0.4) is 0 Å². The fourth-order valence-corrected chi connectivity index (χ4v) is 4.58. The van der Waals surface area contributed by atoms with Crippen molar-refractivity contribution in [3.05, 3.63) is 59.7 Å². The summed E-state index contributed by atoms with van der Waals surface area (Å²) < 4.78 is 20.7. The maximum absolute atomic E-state index is 11.3. The van der Waals surface area contributed by atoms with Gasteiger partial charge in [0.05, 0.1) is 0 Å². The van der Waals surface area contributed by atoms with E-state index in [0.29, 0.717) is 23.0 Å². The molecular weight excluding hydrogens is 536 g/mol. The van der Waals surface area contributed by atoms with Crippen LogP contribution in [0.25, 0.3) is 0 Å². The van der Waals surface area contributed by atoms with E-state index in [1.54, 1.807) is 12.1 Å². The fourth-order valence-electron chi connectivity index (χ4n) is 4.58. The van der Waals surface area contributed by atoms with Gasteiger partial charge in [0.15, 0.2) is 0 Å². The molecule has 0 atom stereocenters. The number of allylic oxidation sites excluding steroid dienone is 2. The number of ether oxygens (including phenoxy) is 4. The number of rotatable bonds is 18. The summed E-state index contributed by atoms with van der Waals surface area (Å²) >= 11 is 0. The Morgan fingerprint density at radius 2 is 0.762 bits per heavy atom. The smallest absolute Gasteiger partial charge is 0.308 e. The number of esters is 4. The Morgan fingerprint density at radius 1 is 0.452 bits per heavy atom. The lowest BCUT2D eigenvalue weighted by Crippen LogP contribution is -2.05. The van der Waals surface area contributed by atoms with E-state index in [1.807, 2.05) is 24.3 Å². The van der Waals surface area contributed by atoms with Crippen LogP contribution in [0.5, 0.6) is 23.0 Å². The van der Waals surface area contributed by atoms with Crippen LogP contribution < -0.4 is 18.9 Å². The van der Waals surface area contributed by atoms with Gasteiger partial charge in [-0.1, -0.05) is 44.3 Å². The number of carbonyl (C=O) groups excluding carboxylic acids is 4. The molecule has 228 valence electrons. The maximum atomic E-state index is 11.3. The minimum Gasteiger partial charge on any atom is -0.427 e. The van der Waals surface area contributed by atoms with Crippen LogP contribution in [0, 0.1) is 0 Å². The maximum Gasteiger partial charge on any atom is 0.308 e. The van der Waals surface area contributed by atoms with Crippen LogP contribution in [0.2, 0.25) is 0 Å². The summed E-state index contributed by atoms with van der Waals surface area (Å²) in [6, 6.07) is 10.4. The second kappa shape index (κ2) is 19.2. The van der Waals surface area contributed by atoms with Gasteiger partial charge in [0.25, 0.3) is 0 Å². The van der Waals surface area contributed by atoms with Gasteiger partial charge in [-0.05, 0) is 80.3 Å². The predicted octanol–water partition coefficient (Wildman–Crippen LogP) is 7.63. The van der Waals surface area contributed by atoms with E-state index in [-0.39, 0.29) is 0 Å². The Bertz CT molecular complexity index is 1150. The summed E-state index contributed by atoms with van der Waals surface area (Å²) in [6.45, 7) is 5.37. The van der Waals surface area contributed by atoms with Crippen molar-refractivity contribution in [3.8, 4) is 23.0 Å². The lowest BCUT2D eigenvalue weighted by atomic mass is 10.0. The third-order valence-electron chi connectivity index (χ3n) is 6.27. The van der Waals surface area contributed by atoms with E-state index >= 15 is 0 Å². The first kappa shape index (κ1) is 34.3. The highest BCUT2D eigenvalue weighted by Crippen LogP contribution is 2.26.